The van der Waals surface area contributed by atoms with Gasteiger partial charge in [0.25, 0.3) is 0 Å². The summed E-state index contributed by atoms with van der Waals surface area (Å²) in [6, 6.07) is 0. The monoisotopic (exact) mass is 973 g/mol. The molecule has 1 N–H and O–H groups in total. The van der Waals surface area contributed by atoms with Crippen LogP contribution in [0.2, 0.25) is 0 Å². The van der Waals surface area contributed by atoms with Crippen LogP contribution in [0, 0.1) is 0 Å². The summed E-state index contributed by atoms with van der Waals surface area (Å²) in [5.41, 5.74) is 0. The molecule has 0 fully saturated rings. The zero-order valence-electron chi connectivity index (χ0n) is 44.8. The molecule has 394 valence electrons. The fourth-order valence-electron chi connectivity index (χ4n) is 7.48. The number of unbranched alkanes of at least 4 members (excludes halogenated alkanes) is 23. The van der Waals surface area contributed by atoms with Crippen LogP contribution in [-0.2, 0) is 27.9 Å². The summed E-state index contributed by atoms with van der Waals surface area (Å²) < 4.78 is 35.2. The van der Waals surface area contributed by atoms with Crippen molar-refractivity contribution in [2.75, 3.05) is 54.1 Å². The Morgan fingerprint density at radius 1 is 0.471 bits per heavy atom. The number of rotatable bonds is 51. The lowest BCUT2D eigenvalue weighted by Crippen LogP contribution is -2.37. The number of hydrogen-bond donors (Lipinski definition) is 1. The Morgan fingerprint density at radius 3 is 1.22 bits per heavy atom. The molecule has 0 spiro atoms. The molecule has 0 aromatic rings. The lowest BCUT2D eigenvalue weighted by Gasteiger charge is -2.24. The number of ether oxygens (including phenoxy) is 2. The highest BCUT2D eigenvalue weighted by molar-refractivity contribution is 7.47. The molecule has 0 rings (SSSR count). The first-order valence-electron chi connectivity index (χ1n) is 27.8. The Morgan fingerprint density at radius 2 is 0.838 bits per heavy atom. The molecule has 0 aliphatic carbocycles. The van der Waals surface area contributed by atoms with E-state index in [9.17, 15) is 14.3 Å². The zero-order valence-corrected chi connectivity index (χ0v) is 45.7. The van der Waals surface area contributed by atoms with Crippen molar-refractivity contribution in [3.63, 3.8) is 0 Å². The summed E-state index contributed by atoms with van der Waals surface area (Å²) in [4.78, 5) is 23.0. The van der Waals surface area contributed by atoms with Gasteiger partial charge in [-0.3, -0.25) is 13.8 Å². The molecule has 0 saturated carbocycles. The second kappa shape index (κ2) is 51.0. The first kappa shape index (κ1) is 65.7. The van der Waals surface area contributed by atoms with Crippen molar-refractivity contribution in [3.8, 4) is 0 Å². The maximum atomic E-state index is 12.8. The number of phosphoric ester groups is 1. The molecule has 0 aliphatic heterocycles. The van der Waals surface area contributed by atoms with Crippen LogP contribution in [0.3, 0.4) is 0 Å². The van der Waals surface area contributed by atoms with Crippen molar-refractivity contribution in [2.45, 2.75) is 232 Å². The smallest absolute Gasteiger partial charge is 0.457 e. The van der Waals surface area contributed by atoms with E-state index in [0.717, 1.165) is 64.2 Å². The van der Waals surface area contributed by atoms with E-state index >= 15 is 0 Å². The normalized spacial score (nSPS) is 14.1. The molecule has 0 amide bonds. The van der Waals surface area contributed by atoms with Gasteiger partial charge >= 0.3 is 13.8 Å². The first-order chi connectivity index (χ1) is 33.1. The summed E-state index contributed by atoms with van der Waals surface area (Å²) in [6.07, 6.45) is 69.4. The lowest BCUT2D eigenvalue weighted by molar-refractivity contribution is -0.870. The van der Waals surface area contributed by atoms with Crippen LogP contribution in [0.25, 0.3) is 0 Å². The minimum absolute atomic E-state index is 0.0748. The quantitative estimate of drug-likeness (QED) is 0.0213. The number of nitrogens with zero attached hydrogens (tertiary/aromatic N) is 1. The third-order valence-corrected chi connectivity index (χ3v) is 12.7. The number of carbonyl (C=O) groups is 1. The van der Waals surface area contributed by atoms with Crippen molar-refractivity contribution >= 4 is 13.8 Å². The SMILES string of the molecule is CC/C=C\C/C=C\C/C=C\C/C=C\C/C=C\C/C=C\C/C=C\CCCC(=O)OC(COCCCCCCCCCCCCCCCCCCCCCCCCC)COP(=O)(O)OCC[N+](C)(C)C. The van der Waals surface area contributed by atoms with Crippen LogP contribution in [0.4, 0.5) is 0 Å². The minimum Gasteiger partial charge on any atom is -0.457 e. The number of hydrogen-bond acceptors (Lipinski definition) is 6. The zero-order chi connectivity index (χ0) is 49.8. The van der Waals surface area contributed by atoms with Crippen molar-refractivity contribution in [3.05, 3.63) is 85.1 Å². The van der Waals surface area contributed by atoms with Gasteiger partial charge in [-0.05, 0) is 64.2 Å². The molecule has 0 bridgehead atoms. The number of phosphoric acid groups is 1. The van der Waals surface area contributed by atoms with Crippen LogP contribution in [0.15, 0.2) is 85.1 Å². The van der Waals surface area contributed by atoms with Gasteiger partial charge < -0.3 is 18.9 Å². The molecule has 0 radical (unpaired) electrons. The Hall–Kier alpha value is -2.32. The van der Waals surface area contributed by atoms with E-state index in [4.69, 9.17) is 18.5 Å². The van der Waals surface area contributed by atoms with Gasteiger partial charge in [0.05, 0.1) is 34.4 Å². The van der Waals surface area contributed by atoms with Gasteiger partial charge in [0.15, 0.2) is 0 Å². The van der Waals surface area contributed by atoms with Gasteiger partial charge in [0.1, 0.15) is 19.3 Å². The molecular weight excluding hydrogens is 866 g/mol. The molecule has 8 nitrogen and oxygen atoms in total. The van der Waals surface area contributed by atoms with Gasteiger partial charge in [-0.15, -0.1) is 0 Å². The van der Waals surface area contributed by atoms with Gasteiger partial charge in [-0.2, -0.15) is 0 Å². The van der Waals surface area contributed by atoms with E-state index in [2.05, 4.69) is 98.9 Å². The third kappa shape index (κ3) is 54.6. The molecule has 68 heavy (non-hydrogen) atoms. The van der Waals surface area contributed by atoms with Crippen LogP contribution >= 0.6 is 7.82 Å². The third-order valence-electron chi connectivity index (χ3n) is 11.7. The molecule has 0 aromatic carbocycles. The Bertz CT molecular complexity index is 1360. The van der Waals surface area contributed by atoms with Crippen LogP contribution < -0.4 is 0 Å². The Balaban J connectivity index is 4.20. The van der Waals surface area contributed by atoms with Crippen LogP contribution in [0.5, 0.6) is 0 Å². The number of esters is 1. The first-order valence-corrected chi connectivity index (χ1v) is 29.3. The van der Waals surface area contributed by atoms with E-state index in [0.29, 0.717) is 24.1 Å². The number of quaternary nitrogens is 1. The second-order valence-electron chi connectivity index (χ2n) is 19.6. The highest BCUT2D eigenvalue weighted by Crippen LogP contribution is 2.43. The van der Waals surface area contributed by atoms with E-state index < -0.39 is 13.9 Å². The molecule has 0 heterocycles. The molecule has 0 saturated heterocycles. The second-order valence-corrected chi connectivity index (χ2v) is 21.0. The average Bonchev–Trinajstić information content (AvgIpc) is 3.30. The molecule has 2 unspecified atom stereocenters. The van der Waals surface area contributed by atoms with E-state index in [1.165, 1.54) is 135 Å². The predicted octanol–water partition coefficient (Wildman–Crippen LogP) is 17.6. The number of carbonyl (C=O) groups excluding carboxylic acids is 1. The summed E-state index contributed by atoms with van der Waals surface area (Å²) >= 11 is 0. The fraction of sp³-hybridized carbons (Fsp3) is 0.746. The molecule has 9 heteroatoms. The van der Waals surface area contributed by atoms with Crippen molar-refractivity contribution in [2.24, 2.45) is 0 Å². The van der Waals surface area contributed by atoms with Gasteiger partial charge in [0.2, 0.25) is 0 Å². The summed E-state index contributed by atoms with van der Waals surface area (Å²) in [6.45, 7) is 5.45. The van der Waals surface area contributed by atoms with Gasteiger partial charge in [-0.1, -0.05) is 240 Å². The minimum atomic E-state index is -4.30. The highest BCUT2D eigenvalue weighted by atomic mass is 31.2. The van der Waals surface area contributed by atoms with E-state index in [-0.39, 0.29) is 32.2 Å². The van der Waals surface area contributed by atoms with E-state index in [1.54, 1.807) is 0 Å². The molecule has 0 aliphatic rings. The average molecular weight is 973 g/mol. The Labute approximate surface area is 420 Å². The summed E-state index contributed by atoms with van der Waals surface area (Å²) in [5, 5.41) is 0. The largest absolute Gasteiger partial charge is 0.472 e. The van der Waals surface area contributed by atoms with Crippen molar-refractivity contribution < 1.29 is 37.3 Å². The Kier molecular flexibility index (Phi) is 49.3. The van der Waals surface area contributed by atoms with Crippen molar-refractivity contribution in [1.82, 2.24) is 0 Å². The molecule has 2 atom stereocenters. The predicted molar refractivity (Wildman–Crippen MR) is 293 cm³/mol. The topological polar surface area (TPSA) is 91.3 Å². The number of likely N-dealkylation sites (N-methyl/N-ethyl adjacent to an activating group) is 1. The fourth-order valence-corrected chi connectivity index (χ4v) is 8.23. The van der Waals surface area contributed by atoms with Gasteiger partial charge in [-0.25, -0.2) is 4.57 Å². The molecule has 0 aromatic heterocycles. The maximum Gasteiger partial charge on any atom is 0.472 e. The summed E-state index contributed by atoms with van der Waals surface area (Å²) in [5.74, 6) is -0.370. The molecular formula is C59H107NO7P+. The highest BCUT2D eigenvalue weighted by Gasteiger charge is 2.26. The number of allylic oxidation sites excluding steroid dienone is 14. The lowest BCUT2D eigenvalue weighted by atomic mass is 10.0. The van der Waals surface area contributed by atoms with Crippen molar-refractivity contribution in [1.29, 1.82) is 0 Å². The van der Waals surface area contributed by atoms with E-state index in [1.807, 2.05) is 21.1 Å². The van der Waals surface area contributed by atoms with Crippen LogP contribution in [0.1, 0.15) is 226 Å². The maximum absolute atomic E-state index is 12.8. The standard InChI is InChI=1S/C59H106NO7P/c1-6-8-10-12-14-16-18-20-22-24-26-28-30-32-34-36-38-40-42-44-46-48-50-52-59(61)67-58(57-66-68(62,63)65-55-53-60(3,4)5)56-64-54-51-49-47-45-43-41-39-37-35-33-31-29-27-25-23-21-19-17-15-13-11-9-7-2/h8,10,14,16,20,22,26,28,32,34,38,40,44,46,58H,6-7,9,11-13,15,17-19,21,23-25,27,29-31,33,35-37,39,41-43,45,47-57H2,1-5H3/p+1/b10-8-,16-14-,22-20-,28-26-,34-32-,40-38-,46-44-. The van der Waals surface area contributed by atoms with Gasteiger partial charge in [0, 0.05) is 13.0 Å². The summed E-state index contributed by atoms with van der Waals surface area (Å²) in [7, 11) is 1.63. The van der Waals surface area contributed by atoms with Crippen LogP contribution in [-0.4, -0.2) is 75.6 Å².